The lowest BCUT2D eigenvalue weighted by atomic mass is 10.0. The summed E-state index contributed by atoms with van der Waals surface area (Å²) in [6, 6.07) is 0.437. The largest absolute Gasteiger partial charge is 0.503 e. The summed E-state index contributed by atoms with van der Waals surface area (Å²) in [4.78, 5) is 11.7. The highest BCUT2D eigenvalue weighted by atomic mass is 19.2. The Labute approximate surface area is 109 Å². The molecule has 3 nitrogen and oxygen atoms in total. The van der Waals surface area contributed by atoms with Gasteiger partial charge in [0.15, 0.2) is 17.4 Å². The highest BCUT2D eigenvalue weighted by Gasteiger charge is 2.22. The van der Waals surface area contributed by atoms with Crippen LogP contribution in [0.1, 0.15) is 37.0 Å². The number of nitrogens with one attached hydrogen (secondary N) is 1. The van der Waals surface area contributed by atoms with Crippen molar-refractivity contribution in [2.24, 2.45) is 5.92 Å². The number of halogens is 3. The molecule has 0 aromatic heterocycles. The van der Waals surface area contributed by atoms with Crippen LogP contribution in [0.5, 0.6) is 5.75 Å². The molecule has 6 heteroatoms. The van der Waals surface area contributed by atoms with Gasteiger partial charge in [-0.2, -0.15) is 4.39 Å². The molecule has 0 aliphatic carbocycles. The molecule has 106 valence electrons. The Morgan fingerprint density at radius 1 is 1.26 bits per heavy atom. The zero-order valence-electron chi connectivity index (χ0n) is 10.8. The molecule has 0 saturated carbocycles. The number of benzene rings is 1. The van der Waals surface area contributed by atoms with E-state index in [9.17, 15) is 18.0 Å². The summed E-state index contributed by atoms with van der Waals surface area (Å²) in [5, 5.41) is 11.5. The van der Waals surface area contributed by atoms with Crippen molar-refractivity contribution in [3.05, 3.63) is 29.1 Å². The number of rotatable bonds is 5. The van der Waals surface area contributed by atoms with Crippen LogP contribution in [0.3, 0.4) is 0 Å². The van der Waals surface area contributed by atoms with Crippen LogP contribution in [0.15, 0.2) is 6.07 Å². The normalized spacial score (nSPS) is 10.8. The zero-order chi connectivity index (χ0) is 14.6. The molecule has 0 bridgehead atoms. The SMILES string of the molecule is CCC(CC)CNC(=O)c1cc(F)c(F)c(O)c1F. The van der Waals surface area contributed by atoms with Crippen LogP contribution in [0.4, 0.5) is 13.2 Å². The maximum Gasteiger partial charge on any atom is 0.254 e. The van der Waals surface area contributed by atoms with Crippen molar-refractivity contribution in [1.82, 2.24) is 5.32 Å². The van der Waals surface area contributed by atoms with E-state index in [0.29, 0.717) is 12.6 Å². The fraction of sp³-hybridized carbons (Fsp3) is 0.462. The Balaban J connectivity index is 2.89. The van der Waals surface area contributed by atoms with Gasteiger partial charge in [-0.25, -0.2) is 8.78 Å². The average Bonchev–Trinajstić information content (AvgIpc) is 2.41. The first kappa shape index (κ1) is 15.3. The van der Waals surface area contributed by atoms with Crippen LogP contribution in [0, 0.1) is 23.4 Å². The first-order valence-corrected chi connectivity index (χ1v) is 6.06. The van der Waals surface area contributed by atoms with Crippen molar-refractivity contribution in [3.8, 4) is 5.75 Å². The van der Waals surface area contributed by atoms with Crippen LogP contribution < -0.4 is 5.32 Å². The molecule has 2 N–H and O–H groups in total. The van der Waals surface area contributed by atoms with E-state index in [-0.39, 0.29) is 5.92 Å². The van der Waals surface area contributed by atoms with Gasteiger partial charge in [0.05, 0.1) is 5.56 Å². The smallest absolute Gasteiger partial charge is 0.254 e. The molecule has 1 aromatic rings. The lowest BCUT2D eigenvalue weighted by Crippen LogP contribution is -2.29. The Hall–Kier alpha value is -1.72. The van der Waals surface area contributed by atoms with E-state index < -0.39 is 34.7 Å². The van der Waals surface area contributed by atoms with Gasteiger partial charge < -0.3 is 10.4 Å². The van der Waals surface area contributed by atoms with E-state index in [0.717, 1.165) is 12.8 Å². The maximum atomic E-state index is 13.5. The summed E-state index contributed by atoms with van der Waals surface area (Å²) in [5.74, 6) is -6.75. The minimum atomic E-state index is -1.70. The molecule has 1 amide bonds. The van der Waals surface area contributed by atoms with Crippen molar-refractivity contribution < 1.29 is 23.1 Å². The molecule has 1 aromatic carbocycles. The van der Waals surface area contributed by atoms with Crippen LogP contribution in [0.25, 0.3) is 0 Å². The third-order valence-corrected chi connectivity index (χ3v) is 3.08. The summed E-state index contributed by atoms with van der Waals surface area (Å²) >= 11 is 0. The summed E-state index contributed by atoms with van der Waals surface area (Å²) in [6.45, 7) is 4.21. The number of hydrogen-bond acceptors (Lipinski definition) is 2. The Kier molecular flexibility index (Phi) is 5.20. The first-order valence-electron chi connectivity index (χ1n) is 6.06. The first-order chi connectivity index (χ1) is 8.92. The monoisotopic (exact) mass is 275 g/mol. The van der Waals surface area contributed by atoms with Gasteiger partial charge in [0.25, 0.3) is 5.91 Å². The van der Waals surface area contributed by atoms with Crippen LogP contribution >= 0.6 is 0 Å². The van der Waals surface area contributed by atoms with Crippen LogP contribution in [0.2, 0.25) is 0 Å². The number of hydrogen-bond donors (Lipinski definition) is 2. The number of aromatic hydroxyl groups is 1. The van der Waals surface area contributed by atoms with Gasteiger partial charge >= 0.3 is 0 Å². The molecule has 0 aliphatic rings. The van der Waals surface area contributed by atoms with E-state index in [2.05, 4.69) is 5.32 Å². The maximum absolute atomic E-state index is 13.5. The molecule has 0 saturated heterocycles. The molecule has 0 unspecified atom stereocenters. The molecular formula is C13H16F3NO2. The zero-order valence-corrected chi connectivity index (χ0v) is 10.8. The molecule has 19 heavy (non-hydrogen) atoms. The minimum absolute atomic E-state index is 0.228. The fourth-order valence-electron chi connectivity index (χ4n) is 1.67. The lowest BCUT2D eigenvalue weighted by Gasteiger charge is -2.14. The number of phenolic OH excluding ortho intramolecular Hbond substituents is 1. The molecule has 1 rings (SSSR count). The molecule has 0 spiro atoms. The topological polar surface area (TPSA) is 49.3 Å². The summed E-state index contributed by atoms with van der Waals surface area (Å²) < 4.78 is 39.4. The highest BCUT2D eigenvalue weighted by molar-refractivity contribution is 5.94. The van der Waals surface area contributed by atoms with Crippen molar-refractivity contribution in [1.29, 1.82) is 0 Å². The Bertz CT molecular complexity index is 473. The second-order valence-electron chi connectivity index (χ2n) is 4.28. The van der Waals surface area contributed by atoms with Gasteiger partial charge in [-0.3, -0.25) is 4.79 Å². The van der Waals surface area contributed by atoms with Crippen LogP contribution in [-0.2, 0) is 0 Å². The predicted molar refractivity (Wildman–Crippen MR) is 64.4 cm³/mol. The number of phenols is 1. The van der Waals surface area contributed by atoms with Gasteiger partial charge in [-0.15, -0.1) is 0 Å². The van der Waals surface area contributed by atoms with E-state index >= 15 is 0 Å². The molecule has 0 heterocycles. The van der Waals surface area contributed by atoms with Gasteiger partial charge in [0.2, 0.25) is 5.82 Å². The fourth-order valence-corrected chi connectivity index (χ4v) is 1.67. The highest BCUT2D eigenvalue weighted by Crippen LogP contribution is 2.25. The van der Waals surface area contributed by atoms with Crippen molar-refractivity contribution in [2.75, 3.05) is 6.54 Å². The molecule has 0 fully saturated rings. The van der Waals surface area contributed by atoms with Gasteiger partial charge in [0.1, 0.15) is 0 Å². The predicted octanol–water partition coefficient (Wildman–Crippen LogP) is 2.98. The second-order valence-corrected chi connectivity index (χ2v) is 4.28. The van der Waals surface area contributed by atoms with Crippen molar-refractivity contribution in [3.63, 3.8) is 0 Å². The van der Waals surface area contributed by atoms with Crippen molar-refractivity contribution >= 4 is 5.91 Å². The third-order valence-electron chi connectivity index (χ3n) is 3.08. The molecule has 0 aliphatic heterocycles. The Morgan fingerprint density at radius 3 is 2.37 bits per heavy atom. The summed E-state index contributed by atoms with van der Waals surface area (Å²) in [6.07, 6.45) is 1.67. The van der Waals surface area contributed by atoms with E-state index in [4.69, 9.17) is 5.11 Å². The molecular weight excluding hydrogens is 259 g/mol. The van der Waals surface area contributed by atoms with E-state index in [1.165, 1.54) is 0 Å². The molecule has 0 radical (unpaired) electrons. The van der Waals surface area contributed by atoms with Crippen molar-refractivity contribution in [2.45, 2.75) is 26.7 Å². The van der Waals surface area contributed by atoms with Gasteiger partial charge in [0, 0.05) is 6.54 Å². The second kappa shape index (κ2) is 6.45. The van der Waals surface area contributed by atoms with E-state index in [1.807, 2.05) is 13.8 Å². The quantitative estimate of drug-likeness (QED) is 0.812. The van der Waals surface area contributed by atoms with Gasteiger partial charge in [-0.05, 0) is 12.0 Å². The Morgan fingerprint density at radius 2 is 1.84 bits per heavy atom. The molecule has 0 atom stereocenters. The third kappa shape index (κ3) is 3.39. The lowest BCUT2D eigenvalue weighted by molar-refractivity contribution is 0.0940. The van der Waals surface area contributed by atoms with Gasteiger partial charge in [-0.1, -0.05) is 26.7 Å². The number of amides is 1. The standard InChI is InChI=1S/C13H16F3NO2/c1-3-7(4-2)6-17-13(19)8-5-9(14)11(16)12(18)10(8)15/h5,7,18H,3-4,6H2,1-2H3,(H,17,19). The number of carbonyl (C=O) groups is 1. The van der Waals surface area contributed by atoms with Crippen LogP contribution in [-0.4, -0.2) is 17.6 Å². The summed E-state index contributed by atoms with van der Waals surface area (Å²) in [5.41, 5.74) is -0.706. The minimum Gasteiger partial charge on any atom is -0.503 e. The number of carbonyl (C=O) groups excluding carboxylic acids is 1. The average molecular weight is 275 g/mol. The van der Waals surface area contributed by atoms with E-state index in [1.54, 1.807) is 0 Å². The summed E-state index contributed by atoms with van der Waals surface area (Å²) in [7, 11) is 0.